The molecule has 2 fully saturated rings. The molecular weight excluding hydrogens is 838 g/mol. The third kappa shape index (κ3) is 18.4. The summed E-state index contributed by atoms with van der Waals surface area (Å²) in [5, 5.41) is 118. The maximum atomic E-state index is 12.6. The van der Waals surface area contributed by atoms with E-state index in [0.29, 0.717) is 0 Å². The molecule has 0 spiro atoms. The van der Waals surface area contributed by atoms with E-state index < -0.39 is 141 Å². The van der Waals surface area contributed by atoms with Gasteiger partial charge in [0.05, 0.1) is 80.1 Å². The first-order valence-corrected chi connectivity index (χ1v) is 21.9. The minimum atomic E-state index is -2.32. The highest BCUT2D eigenvalue weighted by Gasteiger charge is 2.50. The molecule has 0 saturated carbocycles. The SMILES string of the molecule is C[C@@H]1[C@H](O)[C@@H](C)\C=C/C=C\C=C/C=C\C=C/C=C\C=C/C(OC2OC[C@@H](O)[C@H](N)[C@@H]2O)C[C@@H]2OC(O)(CC(O)CC(O)C(O)CCC(O)CC(O)CC(=O)O[C@H]1C)C[C@H](O)[C@H]2C(=O)O. The van der Waals surface area contributed by atoms with Gasteiger partial charge in [0.15, 0.2) is 12.1 Å². The molecule has 2 bridgehead atoms. The fourth-order valence-electron chi connectivity index (χ4n) is 7.72. The third-order valence-electron chi connectivity index (χ3n) is 11.7. The summed E-state index contributed by atoms with van der Waals surface area (Å²) in [4.78, 5) is 25.0. The minimum absolute atomic E-state index is 0.106. The summed E-state index contributed by atoms with van der Waals surface area (Å²) in [6.07, 6.45) is 4.41. The van der Waals surface area contributed by atoms with Crippen molar-refractivity contribution in [2.45, 2.75) is 164 Å². The second-order valence-corrected chi connectivity index (χ2v) is 17.1. The molecule has 0 aromatic carbocycles. The first-order valence-electron chi connectivity index (χ1n) is 21.9. The van der Waals surface area contributed by atoms with Gasteiger partial charge in [-0.1, -0.05) is 98.9 Å². The summed E-state index contributed by atoms with van der Waals surface area (Å²) < 4.78 is 22.8. The van der Waals surface area contributed by atoms with Crippen LogP contribution >= 0.6 is 0 Å². The smallest absolute Gasteiger partial charge is 0.311 e. The fourth-order valence-corrected chi connectivity index (χ4v) is 7.72. The van der Waals surface area contributed by atoms with Gasteiger partial charge in [-0.3, -0.25) is 9.59 Å². The monoisotopic (exact) mass is 909 g/mol. The lowest BCUT2D eigenvalue weighted by Crippen LogP contribution is -2.59. The Kier molecular flexibility index (Phi) is 23.4. The largest absolute Gasteiger partial charge is 0.481 e. The van der Waals surface area contributed by atoms with Crippen molar-refractivity contribution in [3.63, 3.8) is 0 Å². The normalized spacial score (nSPS) is 44.8. The zero-order valence-corrected chi connectivity index (χ0v) is 36.7. The number of aliphatic hydroxyl groups excluding tert-OH is 9. The molecule has 18 nitrogen and oxygen atoms in total. The van der Waals surface area contributed by atoms with Gasteiger partial charge in [0.1, 0.15) is 18.1 Å². The molecule has 13 N–H and O–H groups in total. The van der Waals surface area contributed by atoms with Crippen LogP contribution in [0.3, 0.4) is 0 Å². The van der Waals surface area contributed by atoms with Gasteiger partial charge < -0.3 is 80.9 Å². The standard InChI is InChI=1S/C46H71NO17/c1-27-16-14-12-10-8-6-4-5-7-9-11-13-15-17-33(63-45-43(57)41(47)37(54)26-61-45)23-38-40(44(58)59)36(53)25-46(60,64-38)24-32(50)21-35(52)34(51)19-18-30(48)20-31(49)22-39(55)62-29(3)28(2)42(27)56/h4-17,27-38,40-43,45,48-54,56-57,60H,18-26,47H2,1-3H3,(H,58,59)/b5-4-,8-6-,9-7-,12-10-,13-11-,16-14-,17-15-/t27-,28-,29-,30?,31?,32?,33?,34?,35?,36-,37+,38-,40+,41-,42+,43-,45?,46?/m0/s1. The summed E-state index contributed by atoms with van der Waals surface area (Å²) in [7, 11) is 0. The minimum Gasteiger partial charge on any atom is -0.481 e. The molecule has 3 heterocycles. The molecule has 3 aliphatic heterocycles. The van der Waals surface area contributed by atoms with E-state index in [9.17, 15) is 65.8 Å². The maximum absolute atomic E-state index is 12.6. The summed E-state index contributed by atoms with van der Waals surface area (Å²) in [5.41, 5.74) is 5.93. The lowest BCUT2D eigenvalue weighted by atomic mass is 9.82. The highest BCUT2D eigenvalue weighted by molar-refractivity contribution is 5.71. The van der Waals surface area contributed by atoms with Gasteiger partial charge in [-0.05, 0) is 26.2 Å². The quantitative estimate of drug-likeness (QED) is 0.170. The van der Waals surface area contributed by atoms with Crippen LogP contribution in [0, 0.1) is 17.8 Å². The van der Waals surface area contributed by atoms with Crippen LogP contribution in [0.2, 0.25) is 0 Å². The Labute approximate surface area is 374 Å². The zero-order valence-electron chi connectivity index (χ0n) is 36.7. The second kappa shape index (κ2) is 27.3. The van der Waals surface area contributed by atoms with Gasteiger partial charge in [-0.15, -0.1) is 0 Å². The highest BCUT2D eigenvalue weighted by atomic mass is 16.7. The van der Waals surface area contributed by atoms with E-state index in [1.54, 1.807) is 80.7 Å². The summed E-state index contributed by atoms with van der Waals surface area (Å²) in [5.74, 6) is -6.81. The number of fused-ring (bicyclic) bond motifs is 2. The van der Waals surface area contributed by atoms with Crippen LogP contribution in [0.5, 0.6) is 0 Å². The number of aliphatic hydroxyl groups is 10. The molecule has 362 valence electrons. The molecule has 8 unspecified atom stereocenters. The van der Waals surface area contributed by atoms with Crippen LogP contribution in [0.15, 0.2) is 85.1 Å². The number of allylic oxidation sites excluding steroid dienone is 12. The van der Waals surface area contributed by atoms with Gasteiger partial charge >= 0.3 is 11.9 Å². The van der Waals surface area contributed by atoms with E-state index in [1.165, 1.54) is 6.08 Å². The fraction of sp³-hybridized carbons (Fsp3) is 0.652. The average Bonchev–Trinajstić information content (AvgIpc) is 3.21. The van der Waals surface area contributed by atoms with E-state index in [4.69, 9.17) is 24.7 Å². The number of cyclic esters (lactones) is 1. The molecule has 0 amide bonds. The lowest BCUT2D eigenvalue weighted by molar-refractivity contribution is -0.305. The molecule has 0 radical (unpaired) electrons. The number of rotatable bonds is 3. The van der Waals surface area contributed by atoms with Gasteiger partial charge in [-0.25, -0.2) is 0 Å². The molecule has 0 aromatic heterocycles. The number of carbonyl (C=O) groups excluding carboxylic acids is 1. The molecule has 18 atom stereocenters. The highest BCUT2D eigenvalue weighted by Crippen LogP contribution is 2.38. The van der Waals surface area contributed by atoms with Crippen molar-refractivity contribution in [3.05, 3.63) is 85.1 Å². The number of carbonyl (C=O) groups is 2. The molecule has 2 saturated heterocycles. The first-order chi connectivity index (χ1) is 30.2. The average molecular weight is 910 g/mol. The van der Waals surface area contributed by atoms with Crippen molar-refractivity contribution in [1.29, 1.82) is 0 Å². The molecule has 0 aromatic rings. The third-order valence-corrected chi connectivity index (χ3v) is 11.7. The second-order valence-electron chi connectivity index (χ2n) is 17.1. The Morgan fingerprint density at radius 3 is 1.86 bits per heavy atom. The van der Waals surface area contributed by atoms with Crippen LogP contribution < -0.4 is 5.73 Å². The van der Waals surface area contributed by atoms with Crippen molar-refractivity contribution >= 4 is 11.9 Å². The van der Waals surface area contributed by atoms with Gasteiger partial charge in [0.2, 0.25) is 0 Å². The van der Waals surface area contributed by atoms with Crippen LogP contribution in [-0.2, 0) is 28.5 Å². The number of esters is 1. The van der Waals surface area contributed by atoms with Crippen molar-refractivity contribution < 1.29 is 84.7 Å². The van der Waals surface area contributed by atoms with Crippen molar-refractivity contribution in [2.75, 3.05) is 6.61 Å². The first kappa shape index (κ1) is 54.9. The van der Waals surface area contributed by atoms with Crippen molar-refractivity contribution in [1.82, 2.24) is 0 Å². The molecule has 64 heavy (non-hydrogen) atoms. The van der Waals surface area contributed by atoms with Gasteiger partial charge in [0.25, 0.3) is 0 Å². The summed E-state index contributed by atoms with van der Waals surface area (Å²) >= 11 is 0. The lowest BCUT2D eigenvalue weighted by Gasteiger charge is -2.45. The Hall–Kier alpha value is -3.44. The Morgan fingerprint density at radius 2 is 1.27 bits per heavy atom. The molecule has 3 aliphatic rings. The van der Waals surface area contributed by atoms with E-state index in [-0.39, 0.29) is 38.2 Å². The maximum Gasteiger partial charge on any atom is 0.311 e. The van der Waals surface area contributed by atoms with Crippen LogP contribution in [0.4, 0.5) is 0 Å². The summed E-state index contributed by atoms with van der Waals surface area (Å²) in [6, 6.07) is -1.13. The molecule has 18 heteroatoms. The zero-order chi connectivity index (χ0) is 47.6. The number of hydrogen-bond donors (Lipinski definition) is 12. The number of hydrogen-bond acceptors (Lipinski definition) is 17. The number of ether oxygens (including phenoxy) is 4. The van der Waals surface area contributed by atoms with E-state index in [0.717, 1.165) is 0 Å². The Balaban J connectivity index is 1.84. The van der Waals surface area contributed by atoms with E-state index in [2.05, 4.69) is 0 Å². The Bertz CT molecular complexity index is 1630. The predicted octanol–water partition coefficient (Wildman–Crippen LogP) is 0.323. The van der Waals surface area contributed by atoms with E-state index >= 15 is 0 Å². The molecule has 3 rings (SSSR count). The van der Waals surface area contributed by atoms with E-state index in [1.807, 2.05) is 19.1 Å². The topological polar surface area (TPSA) is 320 Å². The van der Waals surface area contributed by atoms with Crippen LogP contribution in [0.25, 0.3) is 0 Å². The van der Waals surface area contributed by atoms with Crippen molar-refractivity contribution in [2.24, 2.45) is 23.5 Å². The number of carboxylic acid groups (broad SMARTS) is 1. The van der Waals surface area contributed by atoms with Gasteiger partial charge in [0, 0.05) is 37.5 Å². The van der Waals surface area contributed by atoms with Crippen molar-refractivity contribution in [3.8, 4) is 0 Å². The Morgan fingerprint density at radius 1 is 0.688 bits per heavy atom. The van der Waals surface area contributed by atoms with Crippen LogP contribution in [-0.4, -0.2) is 166 Å². The van der Waals surface area contributed by atoms with Crippen LogP contribution in [0.1, 0.15) is 72.1 Å². The molecular formula is C46H71NO17. The number of nitrogens with two attached hydrogens (primary N) is 1. The van der Waals surface area contributed by atoms with Gasteiger partial charge in [-0.2, -0.15) is 0 Å². The number of carboxylic acids is 1. The molecule has 0 aliphatic carbocycles. The summed E-state index contributed by atoms with van der Waals surface area (Å²) in [6.45, 7) is 4.95. The predicted molar refractivity (Wildman–Crippen MR) is 232 cm³/mol. The number of aliphatic carboxylic acids is 1.